The largest absolute Gasteiger partial charge is 0.464 e. The van der Waals surface area contributed by atoms with Crippen molar-refractivity contribution < 1.29 is 9.53 Å². The summed E-state index contributed by atoms with van der Waals surface area (Å²) in [6, 6.07) is 11.6. The van der Waals surface area contributed by atoms with Gasteiger partial charge in [0.25, 0.3) is 0 Å². The minimum absolute atomic E-state index is 0.321. The molecule has 0 bridgehead atoms. The smallest absolute Gasteiger partial charge is 0.336 e. The van der Waals surface area contributed by atoms with Gasteiger partial charge in [0.15, 0.2) is 5.54 Å². The molecule has 2 rings (SSSR count). The normalized spacial score (nSPS) is 13.3. The van der Waals surface area contributed by atoms with Crippen molar-refractivity contribution in [2.24, 2.45) is 0 Å². The number of carbonyl (C=O) groups is 1. The van der Waals surface area contributed by atoms with Gasteiger partial charge in [-0.25, -0.2) is 4.79 Å². The molecule has 1 aromatic carbocycles. The Labute approximate surface area is 125 Å². The monoisotopic (exact) mass is 284 g/mol. The summed E-state index contributed by atoms with van der Waals surface area (Å²) in [5.74, 6) is -0.321. The summed E-state index contributed by atoms with van der Waals surface area (Å²) in [5, 5.41) is 3.27. The highest BCUT2D eigenvalue weighted by Crippen LogP contribution is 2.27. The highest BCUT2D eigenvalue weighted by molar-refractivity contribution is 5.85. The lowest BCUT2D eigenvalue weighted by Crippen LogP contribution is -2.42. The maximum absolute atomic E-state index is 12.4. The Morgan fingerprint density at radius 1 is 1.29 bits per heavy atom. The molecule has 1 aromatic heterocycles. The number of carbonyl (C=O) groups excluding carboxylic acids is 1. The van der Waals surface area contributed by atoms with E-state index in [4.69, 9.17) is 4.74 Å². The molecule has 4 heteroatoms. The first-order chi connectivity index (χ1) is 10.1. The van der Waals surface area contributed by atoms with Crippen molar-refractivity contribution in [3.05, 3.63) is 59.9 Å². The number of benzene rings is 1. The number of esters is 1. The summed E-state index contributed by atoms with van der Waals surface area (Å²) in [6.07, 6.45) is 3.36. The van der Waals surface area contributed by atoms with E-state index in [2.05, 4.69) is 10.3 Å². The average Bonchev–Trinajstić information content (AvgIpc) is 2.50. The predicted molar refractivity (Wildman–Crippen MR) is 83.0 cm³/mol. The molecule has 0 radical (unpaired) electrons. The second-order valence-electron chi connectivity index (χ2n) is 5.08. The number of aryl methyl sites for hydroxylation is 1. The molecule has 0 aliphatic rings. The van der Waals surface area contributed by atoms with Crippen LogP contribution in [0.15, 0.2) is 48.8 Å². The van der Waals surface area contributed by atoms with Gasteiger partial charge in [-0.05, 0) is 39.0 Å². The number of aromatic nitrogens is 1. The topological polar surface area (TPSA) is 51.2 Å². The van der Waals surface area contributed by atoms with Gasteiger partial charge in [0, 0.05) is 23.6 Å². The number of anilines is 1. The molecule has 4 nitrogen and oxygen atoms in total. The van der Waals surface area contributed by atoms with Crippen LogP contribution in [0.3, 0.4) is 0 Å². The van der Waals surface area contributed by atoms with Crippen molar-refractivity contribution in [1.82, 2.24) is 4.98 Å². The number of nitrogens with zero attached hydrogens (tertiary/aromatic N) is 1. The zero-order chi connectivity index (χ0) is 15.3. The number of hydrogen-bond donors (Lipinski definition) is 1. The van der Waals surface area contributed by atoms with Gasteiger partial charge in [0.2, 0.25) is 0 Å². The zero-order valence-corrected chi connectivity index (χ0v) is 12.6. The van der Waals surface area contributed by atoms with E-state index in [-0.39, 0.29) is 5.97 Å². The van der Waals surface area contributed by atoms with Crippen LogP contribution in [-0.2, 0) is 15.1 Å². The summed E-state index contributed by atoms with van der Waals surface area (Å²) in [5.41, 5.74) is 1.82. The van der Waals surface area contributed by atoms with Gasteiger partial charge in [0.1, 0.15) is 0 Å². The van der Waals surface area contributed by atoms with Gasteiger partial charge in [-0.1, -0.05) is 23.8 Å². The van der Waals surface area contributed by atoms with E-state index in [1.165, 1.54) is 5.56 Å². The van der Waals surface area contributed by atoms with Crippen molar-refractivity contribution >= 4 is 11.7 Å². The van der Waals surface area contributed by atoms with Gasteiger partial charge >= 0.3 is 5.97 Å². The van der Waals surface area contributed by atoms with Gasteiger partial charge < -0.3 is 10.1 Å². The van der Waals surface area contributed by atoms with Gasteiger partial charge in [-0.15, -0.1) is 0 Å². The molecular weight excluding hydrogens is 264 g/mol. The van der Waals surface area contributed by atoms with Crippen molar-refractivity contribution in [1.29, 1.82) is 0 Å². The van der Waals surface area contributed by atoms with E-state index < -0.39 is 5.54 Å². The summed E-state index contributed by atoms with van der Waals surface area (Å²) in [6.45, 7) is 5.97. The SMILES string of the molecule is CCOC(=O)C(C)(Nc1ccc(C)cc1)c1cccnc1. The molecule has 21 heavy (non-hydrogen) atoms. The lowest BCUT2D eigenvalue weighted by Gasteiger charge is -2.29. The molecule has 1 N–H and O–H groups in total. The maximum Gasteiger partial charge on any atom is 0.336 e. The van der Waals surface area contributed by atoms with E-state index in [0.29, 0.717) is 6.61 Å². The molecule has 0 amide bonds. The maximum atomic E-state index is 12.4. The fourth-order valence-electron chi connectivity index (χ4n) is 2.10. The fraction of sp³-hybridized carbons (Fsp3) is 0.294. The number of nitrogens with one attached hydrogen (secondary N) is 1. The molecule has 1 unspecified atom stereocenters. The molecule has 0 saturated heterocycles. The van der Waals surface area contributed by atoms with E-state index >= 15 is 0 Å². The van der Waals surface area contributed by atoms with Gasteiger partial charge in [-0.2, -0.15) is 0 Å². The van der Waals surface area contributed by atoms with Crippen LogP contribution >= 0.6 is 0 Å². The Hall–Kier alpha value is -2.36. The van der Waals surface area contributed by atoms with Crippen molar-refractivity contribution in [2.45, 2.75) is 26.3 Å². The Balaban J connectivity index is 2.36. The number of rotatable bonds is 5. The predicted octanol–water partition coefficient (Wildman–Crippen LogP) is 3.28. The van der Waals surface area contributed by atoms with Crippen molar-refractivity contribution in [2.75, 3.05) is 11.9 Å². The quantitative estimate of drug-likeness (QED) is 0.856. The molecule has 0 saturated carbocycles. The third kappa shape index (κ3) is 3.40. The standard InChI is InChI=1S/C17H20N2O2/c1-4-21-16(20)17(3,14-6-5-11-18-12-14)19-15-9-7-13(2)8-10-15/h5-12,19H,4H2,1-3H3. The number of hydrogen-bond acceptors (Lipinski definition) is 4. The van der Waals surface area contributed by atoms with Crippen LogP contribution in [-0.4, -0.2) is 17.6 Å². The molecule has 0 aliphatic carbocycles. The minimum atomic E-state index is -0.973. The summed E-state index contributed by atoms with van der Waals surface area (Å²) >= 11 is 0. The Morgan fingerprint density at radius 2 is 2.00 bits per heavy atom. The van der Waals surface area contributed by atoms with E-state index in [1.807, 2.05) is 50.2 Å². The summed E-state index contributed by atoms with van der Waals surface area (Å²) in [7, 11) is 0. The fourth-order valence-corrected chi connectivity index (χ4v) is 2.10. The van der Waals surface area contributed by atoms with Crippen LogP contribution in [0.25, 0.3) is 0 Å². The summed E-state index contributed by atoms with van der Waals surface area (Å²) < 4.78 is 5.23. The number of pyridine rings is 1. The van der Waals surface area contributed by atoms with Crippen LogP contribution in [0.2, 0.25) is 0 Å². The third-order valence-corrected chi connectivity index (χ3v) is 3.37. The zero-order valence-electron chi connectivity index (χ0n) is 12.6. The van der Waals surface area contributed by atoms with Gasteiger partial charge in [-0.3, -0.25) is 4.98 Å². The minimum Gasteiger partial charge on any atom is -0.464 e. The average molecular weight is 284 g/mol. The first-order valence-corrected chi connectivity index (χ1v) is 6.99. The molecule has 1 heterocycles. The van der Waals surface area contributed by atoms with E-state index in [0.717, 1.165) is 11.3 Å². The van der Waals surface area contributed by atoms with Crippen LogP contribution in [0, 0.1) is 6.92 Å². The van der Waals surface area contributed by atoms with E-state index in [9.17, 15) is 4.79 Å². The third-order valence-electron chi connectivity index (χ3n) is 3.37. The lowest BCUT2D eigenvalue weighted by atomic mass is 9.93. The van der Waals surface area contributed by atoms with Crippen LogP contribution < -0.4 is 5.32 Å². The van der Waals surface area contributed by atoms with Crippen molar-refractivity contribution in [3.63, 3.8) is 0 Å². The molecule has 110 valence electrons. The molecule has 2 aromatic rings. The Kier molecular flexibility index (Phi) is 4.58. The van der Waals surface area contributed by atoms with Crippen LogP contribution in [0.5, 0.6) is 0 Å². The Morgan fingerprint density at radius 3 is 2.57 bits per heavy atom. The highest BCUT2D eigenvalue weighted by Gasteiger charge is 2.37. The van der Waals surface area contributed by atoms with Crippen LogP contribution in [0.1, 0.15) is 25.0 Å². The first-order valence-electron chi connectivity index (χ1n) is 6.99. The van der Waals surface area contributed by atoms with Gasteiger partial charge in [0.05, 0.1) is 6.61 Å². The molecule has 0 aliphatic heterocycles. The molecule has 0 spiro atoms. The first kappa shape index (κ1) is 15.0. The lowest BCUT2D eigenvalue weighted by molar-refractivity contribution is -0.148. The number of ether oxygens (including phenoxy) is 1. The van der Waals surface area contributed by atoms with Crippen LogP contribution in [0.4, 0.5) is 5.69 Å². The highest BCUT2D eigenvalue weighted by atomic mass is 16.5. The second kappa shape index (κ2) is 6.39. The summed E-state index contributed by atoms with van der Waals surface area (Å²) in [4.78, 5) is 16.5. The Bertz CT molecular complexity index is 596. The van der Waals surface area contributed by atoms with Crippen molar-refractivity contribution in [3.8, 4) is 0 Å². The van der Waals surface area contributed by atoms with E-state index in [1.54, 1.807) is 19.3 Å². The molecular formula is C17H20N2O2. The molecule has 1 atom stereocenters. The molecule has 0 fully saturated rings. The second-order valence-corrected chi connectivity index (χ2v) is 5.08.